The number of ether oxygens (including phenoxy) is 1. The number of hydrogen-bond acceptors (Lipinski definition) is 4. The molecule has 92 valence electrons. The Kier molecular flexibility index (Phi) is 3.17. The van der Waals surface area contributed by atoms with E-state index >= 15 is 0 Å². The zero-order valence-electron chi connectivity index (χ0n) is 10.4. The highest BCUT2D eigenvalue weighted by Crippen LogP contribution is 2.32. The largest absolute Gasteiger partial charge is 0.487 e. The Bertz CT molecular complexity index is 428. The zero-order chi connectivity index (χ0) is 12.4. The number of aromatic nitrogens is 1. The molecule has 1 amide bonds. The van der Waals surface area contributed by atoms with Crippen LogP contribution in [0, 0.1) is 0 Å². The SMILES string of the molecule is CNC(=O)c1cnc(N(C)C)c(OC2CC2)c1. The smallest absolute Gasteiger partial charge is 0.252 e. The van der Waals surface area contributed by atoms with E-state index in [2.05, 4.69) is 10.3 Å². The molecule has 1 aliphatic carbocycles. The summed E-state index contributed by atoms with van der Waals surface area (Å²) < 4.78 is 5.77. The molecule has 1 aromatic rings. The number of pyridine rings is 1. The van der Waals surface area contributed by atoms with Gasteiger partial charge in [0.05, 0.1) is 11.7 Å². The number of anilines is 1. The number of amides is 1. The molecule has 2 rings (SSSR count). The van der Waals surface area contributed by atoms with Crippen molar-refractivity contribution in [3.05, 3.63) is 17.8 Å². The third kappa shape index (κ3) is 2.67. The van der Waals surface area contributed by atoms with Crippen molar-refractivity contribution in [2.75, 3.05) is 26.0 Å². The average Bonchev–Trinajstić information content (AvgIpc) is 3.11. The first-order valence-electron chi connectivity index (χ1n) is 5.68. The Morgan fingerprint density at radius 2 is 2.24 bits per heavy atom. The predicted octanol–water partition coefficient (Wildman–Crippen LogP) is 1.05. The van der Waals surface area contributed by atoms with Gasteiger partial charge in [0.25, 0.3) is 5.91 Å². The number of rotatable bonds is 4. The van der Waals surface area contributed by atoms with Gasteiger partial charge in [0.1, 0.15) is 0 Å². The first-order valence-corrected chi connectivity index (χ1v) is 5.68. The summed E-state index contributed by atoms with van der Waals surface area (Å²) in [4.78, 5) is 17.7. The quantitative estimate of drug-likeness (QED) is 0.847. The normalized spacial score (nSPS) is 14.3. The Hall–Kier alpha value is -1.78. The van der Waals surface area contributed by atoms with E-state index in [-0.39, 0.29) is 12.0 Å². The van der Waals surface area contributed by atoms with E-state index in [9.17, 15) is 4.79 Å². The van der Waals surface area contributed by atoms with Crippen LogP contribution in [-0.2, 0) is 0 Å². The molecule has 0 bridgehead atoms. The fourth-order valence-corrected chi connectivity index (χ4v) is 1.49. The highest BCUT2D eigenvalue weighted by Gasteiger charge is 2.25. The lowest BCUT2D eigenvalue weighted by atomic mass is 10.2. The van der Waals surface area contributed by atoms with Gasteiger partial charge in [-0.25, -0.2) is 4.98 Å². The van der Waals surface area contributed by atoms with E-state index < -0.39 is 0 Å². The third-order valence-corrected chi connectivity index (χ3v) is 2.56. The van der Waals surface area contributed by atoms with Crippen LogP contribution in [0.25, 0.3) is 0 Å². The van der Waals surface area contributed by atoms with Gasteiger partial charge in [0.2, 0.25) is 0 Å². The molecule has 5 nitrogen and oxygen atoms in total. The maximum atomic E-state index is 11.5. The Labute approximate surface area is 101 Å². The van der Waals surface area contributed by atoms with Crippen LogP contribution in [0.5, 0.6) is 5.75 Å². The highest BCUT2D eigenvalue weighted by molar-refractivity contribution is 5.94. The van der Waals surface area contributed by atoms with Crippen molar-refractivity contribution in [1.29, 1.82) is 0 Å². The van der Waals surface area contributed by atoms with Crippen LogP contribution >= 0.6 is 0 Å². The summed E-state index contributed by atoms with van der Waals surface area (Å²) >= 11 is 0. The third-order valence-electron chi connectivity index (χ3n) is 2.56. The van der Waals surface area contributed by atoms with Gasteiger partial charge >= 0.3 is 0 Å². The monoisotopic (exact) mass is 235 g/mol. The molecular weight excluding hydrogens is 218 g/mol. The van der Waals surface area contributed by atoms with Crippen LogP contribution < -0.4 is 15.0 Å². The number of nitrogens with zero attached hydrogens (tertiary/aromatic N) is 2. The second kappa shape index (κ2) is 4.61. The zero-order valence-corrected chi connectivity index (χ0v) is 10.4. The fourth-order valence-electron chi connectivity index (χ4n) is 1.49. The van der Waals surface area contributed by atoms with Gasteiger partial charge in [-0.1, -0.05) is 0 Å². The summed E-state index contributed by atoms with van der Waals surface area (Å²) in [5.41, 5.74) is 0.522. The van der Waals surface area contributed by atoms with Crippen LogP contribution in [0.15, 0.2) is 12.3 Å². The minimum absolute atomic E-state index is 0.150. The molecule has 1 heterocycles. The molecule has 0 spiro atoms. The lowest BCUT2D eigenvalue weighted by Gasteiger charge is -2.17. The molecule has 0 atom stereocenters. The average molecular weight is 235 g/mol. The van der Waals surface area contributed by atoms with Gasteiger partial charge in [-0.3, -0.25) is 4.79 Å². The van der Waals surface area contributed by atoms with E-state index in [0.717, 1.165) is 18.7 Å². The number of carbonyl (C=O) groups is 1. The molecule has 0 radical (unpaired) electrons. The Morgan fingerprint density at radius 1 is 1.53 bits per heavy atom. The van der Waals surface area contributed by atoms with Crippen molar-refractivity contribution in [3.63, 3.8) is 0 Å². The molecule has 1 fully saturated rings. The molecule has 0 saturated heterocycles. The summed E-state index contributed by atoms with van der Waals surface area (Å²) in [7, 11) is 5.41. The van der Waals surface area contributed by atoms with Crippen LogP contribution in [-0.4, -0.2) is 38.1 Å². The molecule has 0 aliphatic heterocycles. The van der Waals surface area contributed by atoms with Crippen molar-refractivity contribution < 1.29 is 9.53 Å². The van der Waals surface area contributed by atoms with Crippen LogP contribution in [0.3, 0.4) is 0 Å². The highest BCUT2D eigenvalue weighted by atomic mass is 16.5. The van der Waals surface area contributed by atoms with E-state index in [1.165, 1.54) is 0 Å². The van der Waals surface area contributed by atoms with Gasteiger partial charge in [0.15, 0.2) is 11.6 Å². The topological polar surface area (TPSA) is 54.5 Å². The van der Waals surface area contributed by atoms with Crippen molar-refractivity contribution in [3.8, 4) is 5.75 Å². The van der Waals surface area contributed by atoms with Gasteiger partial charge in [-0.05, 0) is 18.9 Å². The van der Waals surface area contributed by atoms with E-state index in [1.54, 1.807) is 19.3 Å². The van der Waals surface area contributed by atoms with E-state index in [4.69, 9.17) is 4.74 Å². The molecule has 0 unspecified atom stereocenters. The molecule has 5 heteroatoms. The van der Waals surface area contributed by atoms with Crippen molar-refractivity contribution in [2.24, 2.45) is 0 Å². The molecular formula is C12H17N3O2. The molecule has 1 aromatic heterocycles. The summed E-state index contributed by atoms with van der Waals surface area (Å²) in [5, 5.41) is 2.58. The predicted molar refractivity (Wildman–Crippen MR) is 65.6 cm³/mol. The minimum atomic E-state index is -0.150. The molecule has 0 aromatic carbocycles. The summed E-state index contributed by atoms with van der Waals surface area (Å²) in [6, 6.07) is 1.75. The van der Waals surface area contributed by atoms with Gasteiger partial charge in [-0.15, -0.1) is 0 Å². The maximum Gasteiger partial charge on any atom is 0.252 e. The van der Waals surface area contributed by atoms with Crippen LogP contribution in [0.2, 0.25) is 0 Å². The van der Waals surface area contributed by atoms with Gasteiger partial charge in [-0.2, -0.15) is 0 Å². The fraction of sp³-hybridized carbons (Fsp3) is 0.500. The Balaban J connectivity index is 2.30. The van der Waals surface area contributed by atoms with Gasteiger partial charge < -0.3 is 15.0 Å². The number of carbonyl (C=O) groups excluding carboxylic acids is 1. The lowest BCUT2D eigenvalue weighted by molar-refractivity contribution is 0.0962. The van der Waals surface area contributed by atoms with E-state index in [1.807, 2.05) is 19.0 Å². The van der Waals surface area contributed by atoms with Crippen LogP contribution in [0.1, 0.15) is 23.2 Å². The standard InChI is InChI=1S/C12H17N3O2/c1-13-12(16)8-6-10(17-9-4-5-9)11(14-7-8)15(2)3/h6-7,9H,4-5H2,1-3H3,(H,13,16). The molecule has 1 saturated carbocycles. The van der Waals surface area contributed by atoms with E-state index in [0.29, 0.717) is 11.3 Å². The maximum absolute atomic E-state index is 11.5. The molecule has 1 N–H and O–H groups in total. The second-order valence-electron chi connectivity index (χ2n) is 4.34. The van der Waals surface area contributed by atoms with Gasteiger partial charge in [0, 0.05) is 27.3 Å². The Morgan fingerprint density at radius 3 is 2.76 bits per heavy atom. The molecule has 1 aliphatic rings. The summed E-state index contributed by atoms with van der Waals surface area (Å²) in [6.45, 7) is 0. The van der Waals surface area contributed by atoms with Crippen LogP contribution in [0.4, 0.5) is 5.82 Å². The minimum Gasteiger partial charge on any atom is -0.487 e. The molecule has 17 heavy (non-hydrogen) atoms. The summed E-state index contributed by atoms with van der Waals surface area (Å²) in [6.07, 6.45) is 4.01. The van der Waals surface area contributed by atoms with Crippen molar-refractivity contribution in [1.82, 2.24) is 10.3 Å². The second-order valence-corrected chi connectivity index (χ2v) is 4.34. The number of hydrogen-bond donors (Lipinski definition) is 1. The first kappa shape index (κ1) is 11.7. The summed E-state index contributed by atoms with van der Waals surface area (Å²) in [5.74, 6) is 1.28. The lowest BCUT2D eigenvalue weighted by Crippen LogP contribution is -2.19. The van der Waals surface area contributed by atoms with Crippen molar-refractivity contribution >= 4 is 11.7 Å². The first-order chi connectivity index (χ1) is 8.11. The number of nitrogens with one attached hydrogen (secondary N) is 1. The van der Waals surface area contributed by atoms with Crippen molar-refractivity contribution in [2.45, 2.75) is 18.9 Å².